The van der Waals surface area contributed by atoms with E-state index in [9.17, 15) is 4.79 Å². The highest BCUT2D eigenvalue weighted by atomic mass is 16.1. The molecule has 0 radical (unpaired) electrons. The first-order valence-electron chi connectivity index (χ1n) is 8.20. The molecule has 1 amide bonds. The van der Waals surface area contributed by atoms with E-state index in [4.69, 9.17) is 0 Å². The van der Waals surface area contributed by atoms with Crippen LogP contribution in [0.1, 0.15) is 68.5 Å². The Hall–Kier alpha value is -1.31. The molecule has 2 aliphatic carbocycles. The molecule has 0 spiro atoms. The lowest BCUT2D eigenvalue weighted by molar-refractivity contribution is -0.122. The molecule has 0 heterocycles. The van der Waals surface area contributed by atoms with Crippen molar-refractivity contribution in [1.29, 1.82) is 0 Å². The molecule has 1 fully saturated rings. The third-order valence-corrected chi connectivity index (χ3v) is 4.96. The summed E-state index contributed by atoms with van der Waals surface area (Å²) < 4.78 is 0. The van der Waals surface area contributed by atoms with Crippen LogP contribution in [-0.4, -0.2) is 5.91 Å². The van der Waals surface area contributed by atoms with Crippen molar-refractivity contribution in [2.24, 2.45) is 5.92 Å². The van der Waals surface area contributed by atoms with E-state index < -0.39 is 0 Å². The molecule has 0 unspecified atom stereocenters. The van der Waals surface area contributed by atoms with Gasteiger partial charge in [-0.3, -0.25) is 4.79 Å². The van der Waals surface area contributed by atoms with Crippen molar-refractivity contribution < 1.29 is 4.79 Å². The van der Waals surface area contributed by atoms with Gasteiger partial charge in [-0.1, -0.05) is 49.9 Å². The molecule has 0 bridgehead atoms. The van der Waals surface area contributed by atoms with Crippen molar-refractivity contribution >= 4 is 5.91 Å². The van der Waals surface area contributed by atoms with Crippen LogP contribution in [0.15, 0.2) is 24.3 Å². The second-order valence-electron chi connectivity index (χ2n) is 6.40. The maximum Gasteiger partial charge on any atom is 0.220 e. The van der Waals surface area contributed by atoms with Crippen LogP contribution in [-0.2, 0) is 11.2 Å². The predicted molar refractivity (Wildman–Crippen MR) is 81.5 cm³/mol. The lowest BCUT2D eigenvalue weighted by Crippen LogP contribution is -2.31. The molecule has 3 rings (SSSR count). The molecular weight excluding hydrogens is 246 g/mol. The summed E-state index contributed by atoms with van der Waals surface area (Å²) in [6, 6.07) is 8.81. The fourth-order valence-electron chi connectivity index (χ4n) is 3.80. The molecule has 2 heteroatoms. The first-order chi connectivity index (χ1) is 9.83. The summed E-state index contributed by atoms with van der Waals surface area (Å²) >= 11 is 0. The molecule has 1 aromatic rings. The highest BCUT2D eigenvalue weighted by Crippen LogP contribution is 2.31. The Morgan fingerprint density at radius 3 is 2.75 bits per heavy atom. The second kappa shape index (κ2) is 6.43. The van der Waals surface area contributed by atoms with Crippen LogP contribution < -0.4 is 5.32 Å². The van der Waals surface area contributed by atoms with Gasteiger partial charge in [0.1, 0.15) is 0 Å². The monoisotopic (exact) mass is 271 g/mol. The Labute approximate surface area is 122 Å². The smallest absolute Gasteiger partial charge is 0.220 e. The Morgan fingerprint density at radius 1 is 1.10 bits per heavy atom. The first kappa shape index (κ1) is 13.7. The molecule has 0 aromatic heterocycles. The number of rotatable bonds is 4. The lowest BCUT2D eigenvalue weighted by Gasteiger charge is -2.26. The Morgan fingerprint density at radius 2 is 1.90 bits per heavy atom. The van der Waals surface area contributed by atoms with Gasteiger partial charge in [0.05, 0.1) is 6.04 Å². The van der Waals surface area contributed by atoms with E-state index in [1.54, 1.807) is 0 Å². The van der Waals surface area contributed by atoms with Crippen LogP contribution in [0.25, 0.3) is 0 Å². The van der Waals surface area contributed by atoms with Gasteiger partial charge in [0, 0.05) is 6.42 Å². The van der Waals surface area contributed by atoms with Crippen molar-refractivity contribution in [3.05, 3.63) is 35.4 Å². The zero-order chi connectivity index (χ0) is 13.8. The van der Waals surface area contributed by atoms with Crippen molar-refractivity contribution in [3.63, 3.8) is 0 Å². The number of amides is 1. The van der Waals surface area contributed by atoms with Crippen molar-refractivity contribution in [3.8, 4) is 0 Å². The van der Waals surface area contributed by atoms with E-state index in [1.807, 2.05) is 0 Å². The first-order valence-corrected chi connectivity index (χ1v) is 8.20. The molecule has 1 N–H and O–H groups in total. The van der Waals surface area contributed by atoms with Gasteiger partial charge in [-0.15, -0.1) is 0 Å². The Bertz CT molecular complexity index is 462. The zero-order valence-electron chi connectivity index (χ0n) is 12.2. The summed E-state index contributed by atoms with van der Waals surface area (Å²) in [4.78, 5) is 12.2. The molecule has 0 aliphatic heterocycles. The van der Waals surface area contributed by atoms with E-state index in [1.165, 1.54) is 43.2 Å². The number of aryl methyl sites for hydroxylation is 1. The number of carbonyl (C=O) groups excluding carboxylic acids is 1. The van der Waals surface area contributed by atoms with Crippen molar-refractivity contribution in [2.45, 2.75) is 63.8 Å². The lowest BCUT2D eigenvalue weighted by atomic mass is 9.87. The van der Waals surface area contributed by atoms with Gasteiger partial charge in [-0.2, -0.15) is 0 Å². The highest BCUT2D eigenvalue weighted by molar-refractivity contribution is 5.76. The van der Waals surface area contributed by atoms with Crippen LogP contribution in [0.5, 0.6) is 0 Å². The summed E-state index contributed by atoms with van der Waals surface area (Å²) in [5.41, 5.74) is 2.76. The van der Waals surface area contributed by atoms with Gasteiger partial charge in [0.2, 0.25) is 5.91 Å². The minimum Gasteiger partial charge on any atom is -0.349 e. The van der Waals surface area contributed by atoms with E-state index in [-0.39, 0.29) is 11.9 Å². The molecule has 1 aromatic carbocycles. The third-order valence-electron chi connectivity index (χ3n) is 4.96. The fraction of sp³-hybridized carbons (Fsp3) is 0.611. The Kier molecular flexibility index (Phi) is 4.39. The summed E-state index contributed by atoms with van der Waals surface area (Å²) in [7, 11) is 0. The normalized spacial score (nSPS) is 22.5. The number of benzene rings is 1. The van der Waals surface area contributed by atoms with Crippen LogP contribution in [0, 0.1) is 5.92 Å². The van der Waals surface area contributed by atoms with Gasteiger partial charge in [0.15, 0.2) is 0 Å². The topological polar surface area (TPSA) is 29.1 Å². The zero-order valence-corrected chi connectivity index (χ0v) is 12.2. The third kappa shape index (κ3) is 3.23. The van der Waals surface area contributed by atoms with Crippen LogP contribution in [0.2, 0.25) is 0 Å². The van der Waals surface area contributed by atoms with Gasteiger partial charge >= 0.3 is 0 Å². The van der Waals surface area contributed by atoms with Gasteiger partial charge < -0.3 is 5.32 Å². The summed E-state index contributed by atoms with van der Waals surface area (Å²) in [6.45, 7) is 0. The molecule has 1 saturated carbocycles. The quantitative estimate of drug-likeness (QED) is 0.875. The van der Waals surface area contributed by atoms with E-state index in [0.717, 1.165) is 25.2 Å². The molecule has 1 atom stereocenters. The van der Waals surface area contributed by atoms with Gasteiger partial charge in [-0.25, -0.2) is 0 Å². The van der Waals surface area contributed by atoms with Crippen molar-refractivity contribution in [2.75, 3.05) is 0 Å². The average molecular weight is 271 g/mol. The SMILES string of the molecule is O=C(CCC1CCCC1)N[C@H]1CCCc2ccccc21. The molecule has 108 valence electrons. The number of fused-ring (bicyclic) bond motifs is 1. The summed E-state index contributed by atoms with van der Waals surface area (Å²) in [5, 5.41) is 3.26. The number of carbonyl (C=O) groups is 1. The number of nitrogens with one attached hydrogen (secondary N) is 1. The maximum atomic E-state index is 12.2. The maximum absolute atomic E-state index is 12.2. The molecule has 0 saturated heterocycles. The minimum absolute atomic E-state index is 0.246. The largest absolute Gasteiger partial charge is 0.349 e. The molecule has 20 heavy (non-hydrogen) atoms. The summed E-state index contributed by atoms with van der Waals surface area (Å²) in [6.07, 6.45) is 10.6. The minimum atomic E-state index is 0.246. The fourth-order valence-corrected chi connectivity index (χ4v) is 3.80. The number of hydrogen-bond donors (Lipinski definition) is 1. The van der Waals surface area contributed by atoms with Gasteiger partial charge in [-0.05, 0) is 42.7 Å². The van der Waals surface area contributed by atoms with E-state index in [2.05, 4.69) is 29.6 Å². The molecular formula is C18H25NO. The predicted octanol–water partition coefficient (Wildman–Crippen LogP) is 4.15. The average Bonchev–Trinajstić information content (AvgIpc) is 2.99. The molecule has 2 nitrogen and oxygen atoms in total. The number of hydrogen-bond acceptors (Lipinski definition) is 1. The van der Waals surface area contributed by atoms with E-state index in [0.29, 0.717) is 6.42 Å². The van der Waals surface area contributed by atoms with Crippen LogP contribution in [0.4, 0.5) is 0 Å². The van der Waals surface area contributed by atoms with Gasteiger partial charge in [0.25, 0.3) is 0 Å². The standard InChI is InChI=1S/C18H25NO/c20-18(13-12-14-6-1-2-7-14)19-17-11-5-9-15-8-3-4-10-16(15)17/h3-4,8,10,14,17H,1-2,5-7,9,11-13H2,(H,19,20)/t17-/m0/s1. The highest BCUT2D eigenvalue weighted by Gasteiger charge is 2.22. The van der Waals surface area contributed by atoms with Crippen LogP contribution >= 0.6 is 0 Å². The summed E-state index contributed by atoms with van der Waals surface area (Å²) in [5.74, 6) is 1.05. The van der Waals surface area contributed by atoms with E-state index >= 15 is 0 Å². The molecule has 2 aliphatic rings. The Balaban J connectivity index is 1.54. The second-order valence-corrected chi connectivity index (χ2v) is 6.40. The van der Waals surface area contributed by atoms with Crippen molar-refractivity contribution in [1.82, 2.24) is 5.32 Å². The van der Waals surface area contributed by atoms with Crippen LogP contribution in [0.3, 0.4) is 0 Å².